The molecule has 2 aliphatic heterocycles. The van der Waals surface area contributed by atoms with E-state index in [2.05, 4.69) is 5.32 Å². The molecule has 3 rings (SSSR count). The largest absolute Gasteiger partial charge is 0.493 e. The Morgan fingerprint density at radius 3 is 2.28 bits per heavy atom. The fraction of sp³-hybridized carbons (Fsp3) is 0.464. The van der Waals surface area contributed by atoms with Crippen molar-refractivity contribution in [2.75, 3.05) is 48.3 Å². The third kappa shape index (κ3) is 6.36. The molecule has 0 fully saturated rings. The minimum atomic E-state index is -1.08. The lowest BCUT2D eigenvalue weighted by atomic mass is 9.78. The molecular weight excluding hydrogens is 508 g/mol. The van der Waals surface area contributed by atoms with E-state index in [-0.39, 0.29) is 58.8 Å². The van der Waals surface area contributed by atoms with E-state index in [1.165, 1.54) is 20.5 Å². The summed E-state index contributed by atoms with van der Waals surface area (Å²) in [5.74, 6) is -2.49. The molecule has 11 nitrogen and oxygen atoms in total. The number of fused-ring (bicyclic) bond motifs is 1. The topological polar surface area (TPSA) is 122 Å². The molecule has 11 heteroatoms. The van der Waals surface area contributed by atoms with Crippen LogP contribution in [0.5, 0.6) is 17.2 Å². The van der Waals surface area contributed by atoms with E-state index < -0.39 is 23.8 Å². The Kier molecular flexibility index (Phi) is 9.63. The first-order chi connectivity index (χ1) is 18.5. The highest BCUT2D eigenvalue weighted by Gasteiger charge is 2.43. The second-order valence-electron chi connectivity index (χ2n) is 9.65. The molecule has 1 atom stereocenters. The van der Waals surface area contributed by atoms with E-state index in [4.69, 9.17) is 28.4 Å². The van der Waals surface area contributed by atoms with Crippen LogP contribution in [-0.4, -0.2) is 71.1 Å². The maximum Gasteiger partial charge on any atom is 0.347 e. The predicted octanol–water partition coefficient (Wildman–Crippen LogP) is 3.26. The first-order valence-electron chi connectivity index (χ1n) is 12.5. The van der Waals surface area contributed by atoms with Gasteiger partial charge in [-0.3, -0.25) is 0 Å². The highest BCUT2D eigenvalue weighted by Crippen LogP contribution is 2.50. The molecule has 2 aliphatic rings. The van der Waals surface area contributed by atoms with Crippen molar-refractivity contribution >= 4 is 17.9 Å². The summed E-state index contributed by atoms with van der Waals surface area (Å²) in [5, 5.41) is 3.08. The van der Waals surface area contributed by atoms with Gasteiger partial charge < -0.3 is 38.6 Å². The molecule has 1 N–H and O–H groups in total. The predicted molar refractivity (Wildman–Crippen MR) is 141 cm³/mol. The highest BCUT2D eigenvalue weighted by molar-refractivity contribution is 6.03. The normalized spacial score (nSPS) is 16.6. The Bertz CT molecular complexity index is 1230. The van der Waals surface area contributed by atoms with Crippen LogP contribution in [0.4, 0.5) is 0 Å². The van der Waals surface area contributed by atoms with Gasteiger partial charge in [0.15, 0.2) is 11.5 Å². The molecule has 0 saturated heterocycles. The summed E-state index contributed by atoms with van der Waals surface area (Å²) in [4.78, 5) is 42.1. The number of ether oxygens (including phenoxy) is 6. The van der Waals surface area contributed by atoms with Gasteiger partial charge in [0.25, 0.3) is 0 Å². The van der Waals surface area contributed by atoms with Crippen LogP contribution in [0.1, 0.15) is 49.5 Å². The zero-order chi connectivity index (χ0) is 28.9. The molecule has 0 saturated carbocycles. The number of dihydropyridines is 1. The van der Waals surface area contributed by atoms with Crippen LogP contribution < -0.4 is 19.5 Å². The van der Waals surface area contributed by atoms with E-state index in [9.17, 15) is 14.4 Å². The average molecular weight is 545 g/mol. The lowest BCUT2D eigenvalue weighted by Crippen LogP contribution is -2.33. The van der Waals surface area contributed by atoms with E-state index >= 15 is 0 Å². The number of allylic oxidation sites excluding steroid dienone is 3. The SMILES string of the molecule is COC(=O)C1=C(C)NC(C)=C(C(=O)OCCN(C)C)C1c1cc(OC)c2c(c1C(=O)OC=CC(C)C)OCO2. The van der Waals surface area contributed by atoms with E-state index in [1.807, 2.05) is 32.8 Å². The van der Waals surface area contributed by atoms with Crippen molar-refractivity contribution in [1.82, 2.24) is 10.2 Å². The molecule has 0 amide bonds. The molecule has 2 heterocycles. The third-order valence-electron chi connectivity index (χ3n) is 6.17. The molecule has 1 aromatic rings. The summed E-state index contributed by atoms with van der Waals surface area (Å²) in [7, 11) is 6.39. The van der Waals surface area contributed by atoms with Gasteiger partial charge in [0.2, 0.25) is 12.5 Å². The van der Waals surface area contributed by atoms with Crippen molar-refractivity contribution < 1.29 is 42.8 Å². The number of methoxy groups -OCH3 is 2. The van der Waals surface area contributed by atoms with Crippen LogP contribution >= 0.6 is 0 Å². The molecule has 0 spiro atoms. The summed E-state index contributed by atoms with van der Waals surface area (Å²) >= 11 is 0. The summed E-state index contributed by atoms with van der Waals surface area (Å²) in [5.41, 5.74) is 1.38. The smallest absolute Gasteiger partial charge is 0.347 e. The number of hydrogen-bond acceptors (Lipinski definition) is 11. The number of carbonyl (C=O) groups excluding carboxylic acids is 3. The van der Waals surface area contributed by atoms with Gasteiger partial charge in [-0.2, -0.15) is 0 Å². The maximum absolute atomic E-state index is 13.5. The summed E-state index contributed by atoms with van der Waals surface area (Å²) in [6.45, 7) is 7.70. The third-order valence-corrected chi connectivity index (χ3v) is 6.17. The Morgan fingerprint density at radius 2 is 1.69 bits per heavy atom. The van der Waals surface area contributed by atoms with Gasteiger partial charge >= 0.3 is 17.9 Å². The van der Waals surface area contributed by atoms with Gasteiger partial charge in [0.1, 0.15) is 12.2 Å². The number of carbonyl (C=O) groups is 3. The number of nitrogens with one attached hydrogen (secondary N) is 1. The van der Waals surface area contributed by atoms with E-state index in [0.29, 0.717) is 17.9 Å². The number of rotatable bonds is 10. The van der Waals surface area contributed by atoms with Crippen molar-refractivity contribution in [2.45, 2.75) is 33.6 Å². The summed E-state index contributed by atoms with van der Waals surface area (Å²) in [6.07, 6.45) is 3.01. The van der Waals surface area contributed by atoms with Crippen molar-refractivity contribution in [2.24, 2.45) is 5.92 Å². The molecule has 0 aliphatic carbocycles. The first kappa shape index (κ1) is 29.6. The van der Waals surface area contributed by atoms with Gasteiger partial charge in [-0.1, -0.05) is 13.8 Å². The van der Waals surface area contributed by atoms with Crippen molar-refractivity contribution in [3.05, 3.63) is 52.1 Å². The zero-order valence-electron chi connectivity index (χ0n) is 23.6. The first-order valence-corrected chi connectivity index (χ1v) is 12.5. The zero-order valence-corrected chi connectivity index (χ0v) is 23.6. The van der Waals surface area contributed by atoms with Crippen LogP contribution in [0, 0.1) is 5.92 Å². The van der Waals surface area contributed by atoms with Crippen LogP contribution in [0.15, 0.2) is 40.9 Å². The Balaban J connectivity index is 2.28. The van der Waals surface area contributed by atoms with Gasteiger partial charge in [0, 0.05) is 17.9 Å². The lowest BCUT2D eigenvalue weighted by Gasteiger charge is -2.31. The number of nitrogens with zero attached hydrogens (tertiary/aromatic N) is 1. The molecular formula is C28H36N2O9. The van der Waals surface area contributed by atoms with Gasteiger partial charge in [-0.15, -0.1) is 0 Å². The van der Waals surface area contributed by atoms with Gasteiger partial charge in [-0.25, -0.2) is 14.4 Å². The molecule has 1 unspecified atom stereocenters. The molecule has 1 aromatic carbocycles. The minimum absolute atomic E-state index is 0.01000. The standard InChI is InChI=1S/C28H36N2O9/c1-15(2)9-11-36-28(33)23-18(13-19(34-7)24-25(23)39-14-38-24)22-20(26(31)35-8)16(3)29-17(4)21(22)27(32)37-12-10-30(5)6/h9,11,13,15,22,29H,10,12,14H2,1-8H3. The summed E-state index contributed by atoms with van der Waals surface area (Å²) in [6, 6.07) is 1.54. The Labute approximate surface area is 228 Å². The second-order valence-corrected chi connectivity index (χ2v) is 9.65. The van der Waals surface area contributed by atoms with Crippen LogP contribution in [0.25, 0.3) is 0 Å². The van der Waals surface area contributed by atoms with Crippen LogP contribution in [-0.2, 0) is 23.8 Å². The monoisotopic (exact) mass is 544 g/mol. The van der Waals surface area contributed by atoms with Gasteiger partial charge in [-0.05, 0) is 51.6 Å². The molecule has 39 heavy (non-hydrogen) atoms. The number of benzene rings is 1. The quantitative estimate of drug-likeness (QED) is 0.265. The Hall–Kier alpha value is -3.99. The second kappa shape index (κ2) is 12.7. The molecule has 0 aromatic heterocycles. The molecule has 212 valence electrons. The van der Waals surface area contributed by atoms with Gasteiger partial charge in [0.05, 0.1) is 37.5 Å². The average Bonchev–Trinajstić information content (AvgIpc) is 3.36. The molecule has 0 radical (unpaired) electrons. The summed E-state index contributed by atoms with van der Waals surface area (Å²) < 4.78 is 33.0. The van der Waals surface area contributed by atoms with Crippen LogP contribution in [0.3, 0.4) is 0 Å². The van der Waals surface area contributed by atoms with E-state index in [0.717, 1.165) is 0 Å². The fourth-order valence-electron chi connectivity index (χ4n) is 4.32. The molecule has 0 bridgehead atoms. The highest BCUT2D eigenvalue weighted by atomic mass is 16.7. The minimum Gasteiger partial charge on any atom is -0.493 e. The maximum atomic E-state index is 13.5. The van der Waals surface area contributed by atoms with Crippen molar-refractivity contribution in [1.29, 1.82) is 0 Å². The fourth-order valence-corrected chi connectivity index (χ4v) is 4.32. The lowest BCUT2D eigenvalue weighted by molar-refractivity contribution is -0.139. The van der Waals surface area contributed by atoms with Crippen LogP contribution in [0.2, 0.25) is 0 Å². The van der Waals surface area contributed by atoms with E-state index in [1.54, 1.807) is 26.0 Å². The Morgan fingerprint density at radius 1 is 1.05 bits per heavy atom. The number of hydrogen-bond donors (Lipinski definition) is 1. The van der Waals surface area contributed by atoms with Crippen molar-refractivity contribution in [3.8, 4) is 17.2 Å². The van der Waals surface area contributed by atoms with Crippen molar-refractivity contribution in [3.63, 3.8) is 0 Å². The number of likely N-dealkylation sites (N-methyl/N-ethyl adjacent to an activating group) is 1. The number of esters is 3.